The van der Waals surface area contributed by atoms with Gasteiger partial charge in [0.25, 0.3) is 0 Å². The van der Waals surface area contributed by atoms with Gasteiger partial charge in [-0.15, -0.1) is 0 Å². The number of fused-ring (bicyclic) bond motifs is 5. The Morgan fingerprint density at radius 1 is 0.818 bits per heavy atom. The molecule has 1 aliphatic carbocycles. The minimum atomic E-state index is 0. The van der Waals surface area contributed by atoms with Crippen LogP contribution in [0.3, 0.4) is 0 Å². The van der Waals surface area contributed by atoms with Gasteiger partial charge >= 0.3 is 0 Å². The summed E-state index contributed by atoms with van der Waals surface area (Å²) in [7, 11) is 2.11. The molecule has 106 valence electrons. The van der Waals surface area contributed by atoms with Crippen molar-refractivity contribution in [1.29, 1.82) is 0 Å². The summed E-state index contributed by atoms with van der Waals surface area (Å²) in [5.41, 5.74) is 5.98. The van der Waals surface area contributed by atoms with Crippen molar-refractivity contribution in [1.82, 2.24) is 4.98 Å². The fourth-order valence-corrected chi connectivity index (χ4v) is 3.50. The van der Waals surface area contributed by atoms with E-state index in [1.807, 2.05) is 0 Å². The Balaban J connectivity index is 0.00000125. The minimum Gasteiger partial charge on any atom is -1.00 e. The van der Waals surface area contributed by atoms with Crippen LogP contribution in [-0.2, 0) is 7.05 Å². The molecule has 1 aliphatic rings. The van der Waals surface area contributed by atoms with E-state index < -0.39 is 0 Å². The summed E-state index contributed by atoms with van der Waals surface area (Å²) < 4.78 is 2.20. The lowest BCUT2D eigenvalue weighted by molar-refractivity contribution is -0.659. The minimum absolute atomic E-state index is 0. The molecule has 0 spiro atoms. The fraction of sp³-hybridized carbons (Fsp3) is 0.0526. The monoisotopic (exact) mass is 396 g/mol. The summed E-state index contributed by atoms with van der Waals surface area (Å²) in [6, 6.07) is 19.2. The first-order chi connectivity index (χ1) is 10.3. The maximum Gasteiger partial charge on any atom is 0.223 e. The van der Waals surface area contributed by atoms with Gasteiger partial charge in [0.15, 0.2) is 6.20 Å². The van der Waals surface area contributed by atoms with Gasteiger partial charge in [-0.05, 0) is 12.1 Å². The molecule has 2 aromatic heterocycles. The predicted octanol–water partition coefficient (Wildman–Crippen LogP) is 0.864. The molecule has 0 fully saturated rings. The molecule has 4 aromatic rings. The summed E-state index contributed by atoms with van der Waals surface area (Å²) >= 11 is 0. The molecule has 5 rings (SSSR count). The number of rotatable bonds is 0. The molecule has 0 aliphatic heterocycles. The summed E-state index contributed by atoms with van der Waals surface area (Å²) in [6.07, 6.45) is 2.15. The molecule has 0 unspecified atom stereocenters. The highest BCUT2D eigenvalue weighted by atomic mass is 127. The van der Waals surface area contributed by atoms with E-state index in [2.05, 4.69) is 72.4 Å². The maximum absolute atomic E-state index is 4.94. The van der Waals surface area contributed by atoms with Gasteiger partial charge in [0.1, 0.15) is 7.05 Å². The van der Waals surface area contributed by atoms with Gasteiger partial charge in [0, 0.05) is 22.4 Å². The highest BCUT2D eigenvalue weighted by molar-refractivity contribution is 6.19. The molecule has 0 radical (unpaired) electrons. The molecule has 0 atom stereocenters. The number of pyridine rings is 2. The predicted molar refractivity (Wildman–Crippen MR) is 84.9 cm³/mol. The van der Waals surface area contributed by atoms with E-state index in [0.29, 0.717) is 0 Å². The molecule has 0 amide bonds. The van der Waals surface area contributed by atoms with Crippen molar-refractivity contribution in [3.05, 3.63) is 60.8 Å². The van der Waals surface area contributed by atoms with E-state index in [9.17, 15) is 0 Å². The van der Waals surface area contributed by atoms with Gasteiger partial charge in [-0.2, -0.15) is 0 Å². The molecule has 0 N–H and O–H groups in total. The van der Waals surface area contributed by atoms with Crippen molar-refractivity contribution in [2.75, 3.05) is 0 Å². The third-order valence-electron chi connectivity index (χ3n) is 4.42. The smallest absolute Gasteiger partial charge is 0.223 e. The molecule has 0 bridgehead atoms. The molecule has 3 heteroatoms. The lowest BCUT2D eigenvalue weighted by Gasteiger charge is -2.05. The number of benzene rings is 2. The molecular formula is C19H13IN2. The van der Waals surface area contributed by atoms with Gasteiger partial charge in [-0.3, -0.25) is 0 Å². The second-order valence-electron chi connectivity index (χ2n) is 5.59. The normalized spacial score (nSPS) is 11.5. The summed E-state index contributed by atoms with van der Waals surface area (Å²) in [6.45, 7) is 0. The molecule has 22 heavy (non-hydrogen) atoms. The number of aromatic nitrogens is 2. The van der Waals surface area contributed by atoms with Crippen LogP contribution in [0.1, 0.15) is 0 Å². The van der Waals surface area contributed by atoms with E-state index in [1.165, 1.54) is 33.0 Å². The van der Waals surface area contributed by atoms with E-state index in [1.54, 1.807) is 0 Å². The van der Waals surface area contributed by atoms with Crippen LogP contribution < -0.4 is 28.5 Å². The van der Waals surface area contributed by atoms with Crippen LogP contribution >= 0.6 is 0 Å². The molecule has 0 saturated heterocycles. The largest absolute Gasteiger partial charge is 1.00 e. The summed E-state index contributed by atoms with van der Waals surface area (Å²) in [4.78, 5) is 4.94. The van der Waals surface area contributed by atoms with Crippen molar-refractivity contribution in [3.63, 3.8) is 0 Å². The Morgan fingerprint density at radius 3 is 2.41 bits per heavy atom. The Hall–Kier alpha value is -2.01. The Kier molecular flexibility index (Phi) is 2.94. The second-order valence-corrected chi connectivity index (χ2v) is 5.59. The van der Waals surface area contributed by atoms with Gasteiger partial charge in [0.05, 0.1) is 22.2 Å². The average Bonchev–Trinajstić information content (AvgIpc) is 2.86. The highest BCUT2D eigenvalue weighted by Crippen LogP contribution is 2.45. The third kappa shape index (κ3) is 1.60. The molecule has 0 saturated carbocycles. The topological polar surface area (TPSA) is 16.8 Å². The Labute approximate surface area is 145 Å². The van der Waals surface area contributed by atoms with Crippen molar-refractivity contribution >= 4 is 21.7 Å². The zero-order valence-corrected chi connectivity index (χ0v) is 14.2. The molecule has 2 nitrogen and oxygen atoms in total. The van der Waals surface area contributed by atoms with Crippen LogP contribution in [0.4, 0.5) is 0 Å². The van der Waals surface area contributed by atoms with E-state index in [4.69, 9.17) is 4.98 Å². The zero-order valence-electron chi connectivity index (χ0n) is 12.0. The Bertz CT molecular complexity index is 1050. The SMILES string of the molecule is C[n+]1ccc2c3c(nc4ccccc42)-c2ccccc2-c31.[I-]. The van der Waals surface area contributed by atoms with Crippen molar-refractivity contribution in [3.8, 4) is 22.5 Å². The first-order valence-corrected chi connectivity index (χ1v) is 7.15. The number of hydrogen-bond acceptors (Lipinski definition) is 1. The van der Waals surface area contributed by atoms with E-state index >= 15 is 0 Å². The van der Waals surface area contributed by atoms with Crippen LogP contribution in [-0.4, -0.2) is 4.98 Å². The first kappa shape index (κ1) is 13.6. The second kappa shape index (κ2) is 4.74. The fourth-order valence-electron chi connectivity index (χ4n) is 3.50. The van der Waals surface area contributed by atoms with Gasteiger partial charge in [-0.25, -0.2) is 9.55 Å². The molecule has 2 aromatic carbocycles. The Morgan fingerprint density at radius 2 is 1.55 bits per heavy atom. The average molecular weight is 396 g/mol. The third-order valence-corrected chi connectivity index (χ3v) is 4.42. The van der Waals surface area contributed by atoms with E-state index in [-0.39, 0.29) is 24.0 Å². The van der Waals surface area contributed by atoms with Crippen LogP contribution in [0.2, 0.25) is 0 Å². The van der Waals surface area contributed by atoms with Crippen LogP contribution in [0, 0.1) is 0 Å². The maximum atomic E-state index is 4.94. The van der Waals surface area contributed by atoms with Crippen molar-refractivity contribution < 1.29 is 28.5 Å². The van der Waals surface area contributed by atoms with Gasteiger partial charge < -0.3 is 24.0 Å². The first-order valence-electron chi connectivity index (χ1n) is 7.15. The highest BCUT2D eigenvalue weighted by Gasteiger charge is 2.30. The van der Waals surface area contributed by atoms with Gasteiger partial charge in [0.2, 0.25) is 5.69 Å². The van der Waals surface area contributed by atoms with Crippen LogP contribution in [0.15, 0.2) is 60.8 Å². The van der Waals surface area contributed by atoms with Gasteiger partial charge in [-0.1, -0.05) is 36.4 Å². The van der Waals surface area contributed by atoms with E-state index in [0.717, 1.165) is 11.2 Å². The number of aryl methyl sites for hydroxylation is 1. The number of para-hydroxylation sites is 1. The lowest BCUT2D eigenvalue weighted by atomic mass is 10.1. The molecule has 2 heterocycles. The number of nitrogens with zero attached hydrogens (tertiary/aromatic N) is 2. The summed E-state index contributed by atoms with van der Waals surface area (Å²) in [5, 5.41) is 3.80. The van der Waals surface area contributed by atoms with Crippen molar-refractivity contribution in [2.24, 2.45) is 7.05 Å². The summed E-state index contributed by atoms with van der Waals surface area (Å²) in [5.74, 6) is 0. The van der Waals surface area contributed by atoms with Crippen molar-refractivity contribution in [2.45, 2.75) is 0 Å². The quantitative estimate of drug-likeness (QED) is 0.216. The zero-order chi connectivity index (χ0) is 14.0. The lowest BCUT2D eigenvalue weighted by Crippen LogP contribution is -3.00. The standard InChI is InChI=1S/C19H13N2.HI/c1-21-11-10-13-12-6-4-5-9-16(12)20-18-14-7-2-3-8-15(14)19(21)17(13)18;/h2-11H,1H3;1H/q+1;/p-1. The number of halogens is 1. The number of hydrogen-bond donors (Lipinski definition) is 0. The van der Waals surface area contributed by atoms with Crippen LogP contribution in [0.25, 0.3) is 44.2 Å². The van der Waals surface area contributed by atoms with Crippen LogP contribution in [0.5, 0.6) is 0 Å². The molecular weight excluding hydrogens is 383 g/mol.